The van der Waals surface area contributed by atoms with Crippen LogP contribution in [0, 0.1) is 33.5 Å². The van der Waals surface area contributed by atoms with E-state index in [4.69, 9.17) is 18.9 Å². The average molecular weight is 979 g/mol. The van der Waals surface area contributed by atoms with E-state index >= 15 is 0 Å². The molecule has 3 aromatic rings. The van der Waals surface area contributed by atoms with Gasteiger partial charge < -0.3 is 29.2 Å². The summed E-state index contributed by atoms with van der Waals surface area (Å²) in [6.45, 7) is 14.7. The van der Waals surface area contributed by atoms with Crippen molar-refractivity contribution in [3.8, 4) is 23.3 Å². The first kappa shape index (κ1) is 49.0. The number of nitriles is 1. The van der Waals surface area contributed by atoms with Crippen LogP contribution in [0.1, 0.15) is 110 Å². The van der Waals surface area contributed by atoms with E-state index in [-0.39, 0.29) is 65.3 Å². The number of ether oxygens (including phenoxy) is 4. The molecule has 0 radical (unpaired) electrons. The van der Waals surface area contributed by atoms with Crippen LogP contribution >= 0.6 is 0 Å². The molecule has 2 atom stereocenters. The van der Waals surface area contributed by atoms with Crippen LogP contribution in [0.2, 0.25) is 0 Å². The van der Waals surface area contributed by atoms with Crippen molar-refractivity contribution >= 4 is 46.2 Å². The highest BCUT2D eigenvalue weighted by atomic mass is 32.2. The van der Waals surface area contributed by atoms with Crippen molar-refractivity contribution in [1.29, 1.82) is 5.26 Å². The Bertz CT molecular complexity index is 2600. The van der Waals surface area contributed by atoms with Crippen molar-refractivity contribution < 1.29 is 47.1 Å². The molecule has 5 amide bonds. The van der Waals surface area contributed by atoms with Crippen LogP contribution in [0.15, 0.2) is 48.8 Å². The van der Waals surface area contributed by atoms with Crippen LogP contribution in [0.5, 0.6) is 17.2 Å². The summed E-state index contributed by atoms with van der Waals surface area (Å²) in [7, 11) is 0.518. The molecule has 19 heteroatoms. The minimum atomic E-state index is -1.04. The Hall–Kier alpha value is -5.97. The van der Waals surface area contributed by atoms with E-state index in [1.54, 1.807) is 42.6 Å². The number of carbonyl (C=O) groups excluding carboxylic acids is 5. The lowest BCUT2D eigenvalue weighted by Crippen LogP contribution is -2.74. The predicted octanol–water partition coefficient (Wildman–Crippen LogP) is 4.28. The quantitative estimate of drug-likeness (QED) is 0.180. The van der Waals surface area contributed by atoms with Crippen molar-refractivity contribution in [2.24, 2.45) is 22.2 Å². The van der Waals surface area contributed by atoms with Gasteiger partial charge in [-0.25, -0.2) is 9.97 Å². The number of hydrogen-bond acceptors (Lipinski definition) is 15. The van der Waals surface area contributed by atoms with E-state index in [0.29, 0.717) is 65.8 Å². The molecule has 1 aromatic heterocycles. The minimum absolute atomic E-state index is 0.0440. The van der Waals surface area contributed by atoms with E-state index in [1.807, 2.05) is 0 Å². The van der Waals surface area contributed by atoms with Gasteiger partial charge in [0, 0.05) is 102 Å². The number of aromatic nitrogens is 2. The van der Waals surface area contributed by atoms with Crippen LogP contribution in [0.4, 0.5) is 5.82 Å². The Balaban J connectivity index is 0.775. The zero-order valence-corrected chi connectivity index (χ0v) is 41.5. The molecule has 0 bridgehead atoms. The highest BCUT2D eigenvalue weighted by molar-refractivity contribution is 7.85. The predicted molar refractivity (Wildman–Crippen MR) is 257 cm³/mol. The van der Waals surface area contributed by atoms with Gasteiger partial charge >= 0.3 is 0 Å². The Morgan fingerprint density at radius 2 is 1.64 bits per heavy atom. The van der Waals surface area contributed by atoms with Gasteiger partial charge in [-0.05, 0) is 55.5 Å². The van der Waals surface area contributed by atoms with Crippen molar-refractivity contribution in [3.05, 3.63) is 71.2 Å². The molecule has 0 spiro atoms. The molecule has 2 aromatic carbocycles. The van der Waals surface area contributed by atoms with Crippen LogP contribution in [-0.4, -0.2) is 142 Å². The number of carbonyl (C=O) groups is 5. The number of rotatable bonds is 17. The zero-order chi connectivity index (χ0) is 49.7. The highest BCUT2D eigenvalue weighted by Crippen LogP contribution is 2.55. The topological polar surface area (TPSA) is 223 Å². The van der Waals surface area contributed by atoms with Gasteiger partial charge in [-0.3, -0.25) is 43.3 Å². The third-order valence-electron chi connectivity index (χ3n) is 15.3. The second-order valence-electron chi connectivity index (χ2n) is 21.3. The summed E-state index contributed by atoms with van der Waals surface area (Å²) in [5, 5.41) is 14.8. The van der Waals surface area contributed by atoms with E-state index in [1.165, 1.54) is 13.3 Å². The summed E-state index contributed by atoms with van der Waals surface area (Å²) in [4.78, 5) is 79.3. The van der Waals surface area contributed by atoms with Gasteiger partial charge in [0.2, 0.25) is 11.8 Å². The second-order valence-corrected chi connectivity index (χ2v) is 22.9. The highest BCUT2D eigenvalue weighted by Gasteiger charge is 2.64. The zero-order valence-electron chi connectivity index (χ0n) is 40.7. The van der Waals surface area contributed by atoms with Crippen LogP contribution in [-0.2, 0) is 25.1 Å². The first-order chi connectivity index (χ1) is 33.4. The number of hydrogen-bond donors (Lipinski definition) is 2. The Labute approximate surface area is 410 Å². The molecule has 9 rings (SSSR count). The Morgan fingerprint density at radius 3 is 2.29 bits per heavy atom. The lowest BCUT2D eigenvalue weighted by atomic mass is 9.49. The molecule has 2 saturated carbocycles. The maximum Gasteiger partial charge on any atom is 0.271 e. The largest absolute Gasteiger partial charge is 0.495 e. The number of fused-ring (bicyclic) bond motifs is 1. The minimum Gasteiger partial charge on any atom is -0.495 e. The van der Waals surface area contributed by atoms with Gasteiger partial charge in [-0.1, -0.05) is 34.6 Å². The molecule has 6 aliphatic rings. The number of methoxy groups -OCH3 is 1. The molecular weight excluding hydrogens is 917 g/mol. The number of imide groups is 2. The van der Waals surface area contributed by atoms with Gasteiger partial charge in [0.25, 0.3) is 17.7 Å². The summed E-state index contributed by atoms with van der Waals surface area (Å²) in [5.74, 6) is 1.27. The van der Waals surface area contributed by atoms with Gasteiger partial charge in [0.15, 0.2) is 0 Å². The standard InChI is InChI=1S/C51H62N8O10S/c1-49(2)47(50(3,4)48(49)69-34-8-7-31(23-52)40(22-34)66-6)56-43(61)38-24-54-41(25-53-38)57-15-13-30(14-16-57)26-58(17-18-70(65)29-51(5)27-67-28-51)32-19-35(20-32)68-33-9-10-36-37(21-33)46(64)59(45(36)63)39-11-12-42(60)55-44(39)62/h7-10,21-22,24-25,30,32,35,39,47-48H,11-20,26-29H2,1-6H3,(H,56,61)(H,55,60,62). The molecule has 4 aliphatic heterocycles. The number of nitrogens with zero attached hydrogens (tertiary/aromatic N) is 6. The number of piperidine rings is 2. The average Bonchev–Trinajstić information content (AvgIpc) is 3.56. The molecule has 2 aliphatic carbocycles. The fourth-order valence-electron chi connectivity index (χ4n) is 11.5. The molecule has 18 nitrogen and oxygen atoms in total. The lowest BCUT2D eigenvalue weighted by molar-refractivity contribution is -0.164. The molecular formula is C51H62N8O10S. The Kier molecular flexibility index (Phi) is 13.5. The second kappa shape index (κ2) is 19.3. The number of anilines is 1. The SMILES string of the molecule is COc1cc(OC2C(C)(C)C(NC(=O)c3cnc(N4CCC(CN(CCS(=O)CC5(C)COC5)C5CC(Oc6ccc7c(c6)C(=O)N(C6CCC(=O)NC6=O)C7=O)C5)CC4)cn3)C2(C)C)ccc1C#N. The maximum atomic E-state index is 13.6. The van der Waals surface area contributed by atoms with Gasteiger partial charge in [-0.2, -0.15) is 5.26 Å². The van der Waals surface area contributed by atoms with Crippen LogP contribution in [0.25, 0.3) is 0 Å². The fourth-order valence-corrected chi connectivity index (χ4v) is 13.1. The van der Waals surface area contributed by atoms with E-state index < -0.39 is 51.3 Å². The molecule has 5 fully saturated rings. The number of benzene rings is 2. The van der Waals surface area contributed by atoms with Gasteiger partial charge in [0.1, 0.15) is 53.1 Å². The summed E-state index contributed by atoms with van der Waals surface area (Å²) in [5.41, 5.74) is 0.145. The van der Waals surface area contributed by atoms with Crippen molar-refractivity contribution in [1.82, 2.24) is 30.4 Å². The third-order valence-corrected chi connectivity index (χ3v) is 16.9. The van der Waals surface area contributed by atoms with Gasteiger partial charge in [0.05, 0.1) is 49.4 Å². The van der Waals surface area contributed by atoms with Crippen LogP contribution < -0.4 is 29.7 Å². The summed E-state index contributed by atoms with van der Waals surface area (Å²) < 4.78 is 36.9. The molecule has 70 heavy (non-hydrogen) atoms. The molecule has 2 N–H and O–H groups in total. The monoisotopic (exact) mass is 978 g/mol. The van der Waals surface area contributed by atoms with Crippen molar-refractivity contribution in [3.63, 3.8) is 0 Å². The smallest absolute Gasteiger partial charge is 0.271 e. The van der Waals surface area contributed by atoms with Crippen molar-refractivity contribution in [2.75, 3.05) is 62.9 Å². The fraction of sp³-hybridized carbons (Fsp3) is 0.569. The summed E-state index contributed by atoms with van der Waals surface area (Å²) >= 11 is 0. The van der Waals surface area contributed by atoms with Crippen molar-refractivity contribution in [2.45, 2.75) is 103 Å². The number of nitrogens with one attached hydrogen (secondary N) is 2. The molecule has 3 saturated heterocycles. The van der Waals surface area contributed by atoms with E-state index in [9.17, 15) is 33.4 Å². The summed E-state index contributed by atoms with van der Waals surface area (Å²) in [6.07, 6.45) is 6.33. The maximum absolute atomic E-state index is 13.6. The van der Waals surface area contributed by atoms with Gasteiger partial charge in [-0.15, -0.1) is 0 Å². The molecule has 2 unspecified atom stereocenters. The normalized spacial score (nSPS) is 25.9. The first-order valence-corrected chi connectivity index (χ1v) is 25.7. The third kappa shape index (κ3) is 9.61. The molecule has 5 heterocycles. The first-order valence-electron chi connectivity index (χ1n) is 24.2. The Morgan fingerprint density at radius 1 is 0.943 bits per heavy atom. The lowest BCUT2D eigenvalue weighted by Gasteiger charge is -2.63. The number of amides is 5. The van der Waals surface area contributed by atoms with Crippen LogP contribution in [0.3, 0.4) is 0 Å². The summed E-state index contributed by atoms with van der Waals surface area (Å²) in [6, 6.07) is 11.0. The molecule has 372 valence electrons. The van der Waals surface area contributed by atoms with E-state index in [2.05, 4.69) is 71.1 Å². The van der Waals surface area contributed by atoms with E-state index in [0.717, 1.165) is 50.2 Å².